The monoisotopic (exact) mass is 270 g/mol. The summed E-state index contributed by atoms with van der Waals surface area (Å²) in [7, 11) is 1.76. The maximum atomic E-state index is 5.89. The summed E-state index contributed by atoms with van der Waals surface area (Å²) < 4.78 is 6.23. The molecule has 0 radical (unpaired) electrons. The molecule has 1 aliphatic carbocycles. The largest absolute Gasteiger partial charge is 0.397 e. The number of nitrogens with two attached hydrogens (primary N) is 1. The molecule has 0 atom stereocenters. The molecule has 0 heterocycles. The molecule has 0 aliphatic heterocycles. The summed E-state index contributed by atoms with van der Waals surface area (Å²) in [5, 5.41) is 3.41. The van der Waals surface area contributed by atoms with Gasteiger partial charge in [-0.3, -0.25) is 0 Å². The van der Waals surface area contributed by atoms with E-state index in [0.29, 0.717) is 12.1 Å². The Morgan fingerprint density at radius 2 is 2.20 bits per heavy atom. The SMILES string of the molecule is CO[C@H]1C[C@@H](Nc2ccc(Br)cc2N)C1. The van der Waals surface area contributed by atoms with E-state index in [9.17, 15) is 0 Å². The number of benzene rings is 1. The van der Waals surface area contributed by atoms with Crippen molar-refractivity contribution >= 4 is 27.3 Å². The van der Waals surface area contributed by atoms with Gasteiger partial charge in [0.15, 0.2) is 0 Å². The quantitative estimate of drug-likeness (QED) is 0.831. The second kappa shape index (κ2) is 4.41. The molecule has 82 valence electrons. The Morgan fingerprint density at radius 3 is 2.80 bits per heavy atom. The first-order valence-electron chi connectivity index (χ1n) is 5.03. The minimum Gasteiger partial charge on any atom is -0.397 e. The van der Waals surface area contributed by atoms with Crippen molar-refractivity contribution in [3.63, 3.8) is 0 Å². The summed E-state index contributed by atoms with van der Waals surface area (Å²) in [6, 6.07) is 6.40. The Bertz CT molecular complexity index is 350. The van der Waals surface area contributed by atoms with Gasteiger partial charge in [-0.25, -0.2) is 0 Å². The third-order valence-corrected chi connectivity index (χ3v) is 3.29. The van der Waals surface area contributed by atoms with Crippen molar-refractivity contribution in [2.45, 2.75) is 25.0 Å². The Labute approximate surface area is 98.1 Å². The molecule has 3 N–H and O–H groups in total. The van der Waals surface area contributed by atoms with E-state index in [1.807, 2.05) is 18.2 Å². The van der Waals surface area contributed by atoms with Gasteiger partial charge in [0.05, 0.1) is 17.5 Å². The number of hydrogen-bond donors (Lipinski definition) is 2. The van der Waals surface area contributed by atoms with Crippen LogP contribution in [-0.4, -0.2) is 19.3 Å². The van der Waals surface area contributed by atoms with Gasteiger partial charge in [-0.05, 0) is 31.0 Å². The molecule has 1 aromatic rings. The highest BCUT2D eigenvalue weighted by atomic mass is 79.9. The van der Waals surface area contributed by atoms with Crippen molar-refractivity contribution in [2.24, 2.45) is 0 Å². The molecule has 1 fully saturated rings. The average Bonchev–Trinajstić information content (AvgIpc) is 2.13. The first kappa shape index (κ1) is 10.8. The van der Waals surface area contributed by atoms with Crippen LogP contribution in [0.3, 0.4) is 0 Å². The maximum absolute atomic E-state index is 5.89. The summed E-state index contributed by atoms with van der Waals surface area (Å²) in [6.45, 7) is 0. The van der Waals surface area contributed by atoms with E-state index in [4.69, 9.17) is 10.5 Å². The molecule has 1 saturated carbocycles. The van der Waals surface area contributed by atoms with E-state index >= 15 is 0 Å². The van der Waals surface area contributed by atoms with Crippen LogP contribution in [0.1, 0.15) is 12.8 Å². The molecule has 2 rings (SSSR count). The van der Waals surface area contributed by atoms with Gasteiger partial charge >= 0.3 is 0 Å². The van der Waals surface area contributed by atoms with Crippen molar-refractivity contribution in [1.82, 2.24) is 0 Å². The smallest absolute Gasteiger partial charge is 0.0610 e. The van der Waals surface area contributed by atoms with Crippen LogP contribution < -0.4 is 11.1 Å². The lowest BCUT2D eigenvalue weighted by Crippen LogP contribution is -2.40. The van der Waals surface area contributed by atoms with Crippen molar-refractivity contribution < 1.29 is 4.74 Å². The normalized spacial score (nSPS) is 24.7. The lowest BCUT2D eigenvalue weighted by Gasteiger charge is -2.35. The highest BCUT2D eigenvalue weighted by Gasteiger charge is 2.28. The van der Waals surface area contributed by atoms with E-state index < -0.39 is 0 Å². The zero-order valence-electron chi connectivity index (χ0n) is 8.66. The number of nitrogen functional groups attached to an aromatic ring is 1. The van der Waals surface area contributed by atoms with Gasteiger partial charge < -0.3 is 15.8 Å². The van der Waals surface area contributed by atoms with Crippen LogP contribution in [0.4, 0.5) is 11.4 Å². The Hall–Kier alpha value is -0.740. The Balaban J connectivity index is 1.94. The number of methoxy groups -OCH3 is 1. The lowest BCUT2D eigenvalue weighted by molar-refractivity contribution is 0.0329. The molecule has 0 amide bonds. The van der Waals surface area contributed by atoms with Crippen LogP contribution in [0.25, 0.3) is 0 Å². The third kappa shape index (κ3) is 2.44. The predicted octanol–water partition coefficient (Wildman–Crippen LogP) is 2.62. The highest BCUT2D eigenvalue weighted by molar-refractivity contribution is 9.10. The van der Waals surface area contributed by atoms with Crippen molar-refractivity contribution in [3.8, 4) is 0 Å². The third-order valence-electron chi connectivity index (χ3n) is 2.80. The fraction of sp³-hybridized carbons (Fsp3) is 0.455. The van der Waals surface area contributed by atoms with Gasteiger partial charge in [-0.15, -0.1) is 0 Å². The summed E-state index contributed by atoms with van der Waals surface area (Å²) >= 11 is 3.39. The summed E-state index contributed by atoms with van der Waals surface area (Å²) in [5.41, 5.74) is 7.69. The van der Waals surface area contributed by atoms with E-state index in [-0.39, 0.29) is 0 Å². The first-order chi connectivity index (χ1) is 7.19. The number of anilines is 2. The van der Waals surface area contributed by atoms with Crippen molar-refractivity contribution in [1.29, 1.82) is 0 Å². The molecule has 15 heavy (non-hydrogen) atoms. The molecule has 0 spiro atoms. The molecule has 0 saturated heterocycles. The number of halogens is 1. The topological polar surface area (TPSA) is 47.3 Å². The standard InChI is InChI=1S/C11H15BrN2O/c1-15-9-5-8(6-9)14-11-3-2-7(12)4-10(11)13/h2-4,8-9,14H,5-6,13H2,1H3/t8-,9+. The molecule has 0 aromatic heterocycles. The molecular formula is C11H15BrN2O. The molecule has 0 unspecified atom stereocenters. The molecule has 1 aliphatic rings. The molecular weight excluding hydrogens is 256 g/mol. The van der Waals surface area contributed by atoms with Gasteiger partial charge in [-0.2, -0.15) is 0 Å². The zero-order chi connectivity index (χ0) is 10.8. The first-order valence-corrected chi connectivity index (χ1v) is 5.82. The van der Waals surface area contributed by atoms with Crippen LogP contribution in [0.15, 0.2) is 22.7 Å². The van der Waals surface area contributed by atoms with Gasteiger partial charge in [0.25, 0.3) is 0 Å². The fourth-order valence-electron chi connectivity index (χ4n) is 1.76. The fourth-order valence-corrected chi connectivity index (χ4v) is 2.14. The maximum Gasteiger partial charge on any atom is 0.0610 e. The molecule has 3 nitrogen and oxygen atoms in total. The summed E-state index contributed by atoms with van der Waals surface area (Å²) in [6.07, 6.45) is 2.54. The average molecular weight is 271 g/mol. The van der Waals surface area contributed by atoms with Gasteiger partial charge in [-0.1, -0.05) is 15.9 Å². The van der Waals surface area contributed by atoms with Crippen LogP contribution in [0.5, 0.6) is 0 Å². The number of rotatable bonds is 3. The minimum atomic E-state index is 0.416. The van der Waals surface area contributed by atoms with Crippen molar-refractivity contribution in [3.05, 3.63) is 22.7 Å². The zero-order valence-corrected chi connectivity index (χ0v) is 10.3. The minimum absolute atomic E-state index is 0.416. The van der Waals surface area contributed by atoms with Crippen molar-refractivity contribution in [2.75, 3.05) is 18.2 Å². The van der Waals surface area contributed by atoms with Crippen LogP contribution in [0, 0.1) is 0 Å². The Kier molecular flexibility index (Phi) is 3.17. The van der Waals surface area contributed by atoms with Crippen LogP contribution >= 0.6 is 15.9 Å². The van der Waals surface area contributed by atoms with Gasteiger partial charge in [0, 0.05) is 17.6 Å². The van der Waals surface area contributed by atoms with Crippen LogP contribution in [-0.2, 0) is 4.74 Å². The van der Waals surface area contributed by atoms with Gasteiger partial charge in [0.2, 0.25) is 0 Å². The van der Waals surface area contributed by atoms with E-state index in [1.54, 1.807) is 7.11 Å². The molecule has 1 aromatic carbocycles. The number of ether oxygens (including phenoxy) is 1. The van der Waals surface area contributed by atoms with E-state index in [1.165, 1.54) is 0 Å². The number of nitrogens with one attached hydrogen (secondary N) is 1. The lowest BCUT2D eigenvalue weighted by atomic mass is 9.89. The number of hydrogen-bond acceptors (Lipinski definition) is 3. The van der Waals surface area contributed by atoms with E-state index in [0.717, 1.165) is 28.7 Å². The van der Waals surface area contributed by atoms with Crippen LogP contribution in [0.2, 0.25) is 0 Å². The Morgan fingerprint density at radius 1 is 1.47 bits per heavy atom. The highest BCUT2D eigenvalue weighted by Crippen LogP contribution is 2.29. The predicted molar refractivity (Wildman–Crippen MR) is 66.0 cm³/mol. The summed E-state index contributed by atoms with van der Waals surface area (Å²) in [5.74, 6) is 0. The molecule has 4 heteroatoms. The second-order valence-corrected chi connectivity index (χ2v) is 4.82. The molecule has 0 bridgehead atoms. The van der Waals surface area contributed by atoms with E-state index in [2.05, 4.69) is 21.2 Å². The second-order valence-electron chi connectivity index (χ2n) is 3.90. The summed E-state index contributed by atoms with van der Waals surface area (Å²) in [4.78, 5) is 0. The van der Waals surface area contributed by atoms with Gasteiger partial charge in [0.1, 0.15) is 0 Å².